The zero-order valence-electron chi connectivity index (χ0n) is 16.4. The third-order valence-electron chi connectivity index (χ3n) is 4.51. The highest BCUT2D eigenvalue weighted by atomic mass is 35.5. The van der Waals surface area contributed by atoms with Crippen LogP contribution in [0.5, 0.6) is 0 Å². The zero-order chi connectivity index (χ0) is 21.3. The summed E-state index contributed by atoms with van der Waals surface area (Å²) in [6.45, 7) is 3.86. The molecule has 0 spiro atoms. The number of anilines is 1. The summed E-state index contributed by atoms with van der Waals surface area (Å²) in [5.74, 6) is -0.0899. The number of benzene rings is 2. The molecule has 0 bridgehead atoms. The van der Waals surface area contributed by atoms with Crippen molar-refractivity contribution in [2.45, 2.75) is 19.0 Å². The summed E-state index contributed by atoms with van der Waals surface area (Å²) < 4.78 is 1.54. The van der Waals surface area contributed by atoms with Gasteiger partial charge in [-0.25, -0.2) is 4.98 Å². The smallest absolute Gasteiger partial charge is 0.283 e. The average molecular weight is 439 g/mol. The van der Waals surface area contributed by atoms with Crippen molar-refractivity contribution in [3.8, 4) is 5.69 Å². The van der Waals surface area contributed by atoms with Gasteiger partial charge in [0.25, 0.3) is 5.56 Å². The molecule has 0 aliphatic carbocycles. The lowest BCUT2D eigenvalue weighted by molar-refractivity contribution is -0.113. The van der Waals surface area contributed by atoms with Crippen LogP contribution in [0, 0.1) is 13.8 Å². The molecule has 4 aromatic rings. The second-order valence-electron chi connectivity index (χ2n) is 6.93. The van der Waals surface area contributed by atoms with Gasteiger partial charge in [0.1, 0.15) is 5.52 Å². The molecule has 2 aromatic heterocycles. The number of nitrogens with one attached hydrogen (secondary N) is 2. The summed E-state index contributed by atoms with van der Waals surface area (Å²) >= 11 is 7.09. The lowest BCUT2D eigenvalue weighted by atomic mass is 10.2. The van der Waals surface area contributed by atoms with Crippen molar-refractivity contribution in [3.63, 3.8) is 0 Å². The summed E-state index contributed by atoms with van der Waals surface area (Å²) in [6, 6.07) is 16.3. The third kappa shape index (κ3) is 4.27. The van der Waals surface area contributed by atoms with Crippen LogP contribution < -0.4 is 10.9 Å². The topological polar surface area (TPSA) is 79.8 Å². The molecule has 0 aliphatic rings. The SMILES string of the molecule is Cc1ccc(-n2c(SCC(=O)Nc3ccc(Cl)cc3)nc3cc(C)[nH]c3c2=O)cc1. The highest BCUT2D eigenvalue weighted by Crippen LogP contribution is 2.22. The number of H-pyrrole nitrogens is 1. The van der Waals surface area contributed by atoms with E-state index in [4.69, 9.17) is 11.6 Å². The number of aryl methyl sites for hydroxylation is 2. The van der Waals surface area contributed by atoms with E-state index in [2.05, 4.69) is 15.3 Å². The summed E-state index contributed by atoms with van der Waals surface area (Å²) in [7, 11) is 0. The van der Waals surface area contributed by atoms with Crippen molar-refractivity contribution in [3.05, 3.63) is 81.2 Å². The van der Waals surface area contributed by atoms with E-state index in [9.17, 15) is 9.59 Å². The Morgan fingerprint density at radius 3 is 2.53 bits per heavy atom. The first-order valence-electron chi connectivity index (χ1n) is 9.28. The van der Waals surface area contributed by atoms with Crippen LogP contribution in [0.1, 0.15) is 11.3 Å². The number of hydrogen-bond donors (Lipinski definition) is 2. The number of carbonyl (C=O) groups is 1. The molecule has 8 heteroatoms. The molecule has 30 heavy (non-hydrogen) atoms. The maximum atomic E-state index is 13.2. The summed E-state index contributed by atoms with van der Waals surface area (Å²) in [5.41, 5.74) is 4.14. The van der Waals surface area contributed by atoms with E-state index in [1.54, 1.807) is 24.3 Å². The lowest BCUT2D eigenvalue weighted by Crippen LogP contribution is -2.23. The molecular weight excluding hydrogens is 420 g/mol. The average Bonchev–Trinajstić information content (AvgIpc) is 3.10. The first kappa shape index (κ1) is 20.3. The first-order chi connectivity index (χ1) is 14.4. The van der Waals surface area contributed by atoms with Crippen molar-refractivity contribution < 1.29 is 4.79 Å². The molecule has 0 saturated heterocycles. The van der Waals surface area contributed by atoms with Crippen LogP contribution in [0.4, 0.5) is 5.69 Å². The van der Waals surface area contributed by atoms with Crippen molar-refractivity contribution in [2.24, 2.45) is 0 Å². The quantitative estimate of drug-likeness (QED) is 0.349. The fourth-order valence-corrected chi connectivity index (χ4v) is 3.99. The number of aromatic nitrogens is 3. The minimum Gasteiger partial charge on any atom is -0.353 e. The molecule has 0 aliphatic heterocycles. The fraction of sp³-hybridized carbons (Fsp3) is 0.136. The number of halogens is 1. The van der Waals surface area contributed by atoms with Gasteiger partial charge in [-0.15, -0.1) is 0 Å². The van der Waals surface area contributed by atoms with Crippen LogP contribution in [0.15, 0.2) is 64.5 Å². The molecule has 0 fully saturated rings. The predicted molar refractivity (Wildman–Crippen MR) is 122 cm³/mol. The van der Waals surface area contributed by atoms with E-state index in [0.717, 1.165) is 11.3 Å². The molecule has 0 atom stereocenters. The Labute approximate surface area is 182 Å². The van der Waals surface area contributed by atoms with Crippen LogP contribution in [0.3, 0.4) is 0 Å². The molecule has 0 saturated carbocycles. The van der Waals surface area contributed by atoms with Crippen LogP contribution in [0.2, 0.25) is 5.02 Å². The van der Waals surface area contributed by atoms with Crippen LogP contribution in [-0.4, -0.2) is 26.2 Å². The van der Waals surface area contributed by atoms with E-state index in [-0.39, 0.29) is 17.2 Å². The van der Waals surface area contributed by atoms with Gasteiger partial charge in [-0.2, -0.15) is 0 Å². The number of amides is 1. The summed E-state index contributed by atoms with van der Waals surface area (Å²) in [6.07, 6.45) is 0. The molecule has 2 heterocycles. The number of rotatable bonds is 5. The number of aromatic amines is 1. The summed E-state index contributed by atoms with van der Waals surface area (Å²) in [4.78, 5) is 33.3. The Balaban J connectivity index is 1.65. The monoisotopic (exact) mass is 438 g/mol. The van der Waals surface area contributed by atoms with Crippen LogP contribution in [0.25, 0.3) is 16.7 Å². The normalized spacial score (nSPS) is 11.0. The zero-order valence-corrected chi connectivity index (χ0v) is 18.0. The maximum absolute atomic E-state index is 13.2. The van der Waals surface area contributed by atoms with Gasteiger partial charge in [-0.3, -0.25) is 14.2 Å². The highest BCUT2D eigenvalue weighted by molar-refractivity contribution is 7.99. The Bertz CT molecular complexity index is 1280. The predicted octanol–water partition coefficient (Wildman–Crippen LogP) is 4.71. The molecule has 0 unspecified atom stereocenters. The standard InChI is InChI=1S/C22H19ClN4O2S/c1-13-3-9-17(10-4-13)27-21(29)20-18(11-14(2)24-20)26-22(27)30-12-19(28)25-16-7-5-15(23)6-8-16/h3-11,24H,12H2,1-2H3,(H,25,28). The number of hydrogen-bond acceptors (Lipinski definition) is 4. The van der Waals surface area contributed by atoms with Crippen molar-refractivity contribution in [1.29, 1.82) is 0 Å². The van der Waals surface area contributed by atoms with Gasteiger partial charge in [0, 0.05) is 16.4 Å². The maximum Gasteiger partial charge on any atom is 0.283 e. The molecule has 0 radical (unpaired) electrons. The highest BCUT2D eigenvalue weighted by Gasteiger charge is 2.16. The van der Waals surface area contributed by atoms with E-state index in [1.165, 1.54) is 16.3 Å². The molecular formula is C22H19ClN4O2S. The van der Waals surface area contributed by atoms with Crippen molar-refractivity contribution in [2.75, 3.05) is 11.1 Å². The summed E-state index contributed by atoms with van der Waals surface area (Å²) in [5, 5.41) is 3.88. The minimum atomic E-state index is -0.197. The first-order valence-corrected chi connectivity index (χ1v) is 10.6. The van der Waals surface area contributed by atoms with Crippen LogP contribution in [-0.2, 0) is 4.79 Å². The molecule has 2 N–H and O–H groups in total. The van der Waals surface area contributed by atoms with Gasteiger partial charge in [0.15, 0.2) is 5.16 Å². The van der Waals surface area contributed by atoms with Gasteiger partial charge in [-0.05, 0) is 56.3 Å². The van der Waals surface area contributed by atoms with Gasteiger partial charge < -0.3 is 10.3 Å². The minimum absolute atomic E-state index is 0.107. The van der Waals surface area contributed by atoms with Gasteiger partial charge in [-0.1, -0.05) is 41.1 Å². The Morgan fingerprint density at radius 1 is 1.13 bits per heavy atom. The number of thioether (sulfide) groups is 1. The fourth-order valence-electron chi connectivity index (χ4n) is 3.06. The second-order valence-corrected chi connectivity index (χ2v) is 8.31. The van der Waals surface area contributed by atoms with E-state index in [0.29, 0.717) is 32.6 Å². The lowest BCUT2D eigenvalue weighted by Gasteiger charge is -2.12. The molecule has 152 valence electrons. The third-order valence-corrected chi connectivity index (χ3v) is 5.70. The van der Waals surface area contributed by atoms with E-state index < -0.39 is 0 Å². The Kier molecular flexibility index (Phi) is 5.65. The van der Waals surface area contributed by atoms with Crippen molar-refractivity contribution in [1.82, 2.24) is 14.5 Å². The molecule has 4 rings (SSSR count). The largest absolute Gasteiger partial charge is 0.353 e. The van der Waals surface area contributed by atoms with Crippen molar-refractivity contribution >= 4 is 46.0 Å². The van der Waals surface area contributed by atoms with Gasteiger partial charge >= 0.3 is 0 Å². The van der Waals surface area contributed by atoms with E-state index >= 15 is 0 Å². The van der Waals surface area contributed by atoms with Gasteiger partial charge in [0.05, 0.1) is 17.0 Å². The Morgan fingerprint density at radius 2 is 1.83 bits per heavy atom. The molecule has 2 aromatic carbocycles. The number of carbonyl (C=O) groups excluding carboxylic acids is 1. The Hall–Kier alpha value is -3.03. The van der Waals surface area contributed by atoms with E-state index in [1.807, 2.05) is 44.2 Å². The van der Waals surface area contributed by atoms with Gasteiger partial charge in [0.2, 0.25) is 5.91 Å². The molecule has 6 nitrogen and oxygen atoms in total. The number of nitrogens with zero attached hydrogens (tertiary/aromatic N) is 2. The molecule has 1 amide bonds. The van der Waals surface area contributed by atoms with Crippen LogP contribution >= 0.6 is 23.4 Å². The number of fused-ring (bicyclic) bond motifs is 1. The second kappa shape index (κ2) is 8.38.